The first-order chi connectivity index (χ1) is 18.7. The molecule has 0 bridgehead atoms. The van der Waals surface area contributed by atoms with Gasteiger partial charge in [0.15, 0.2) is 23.8 Å². The number of imidazole rings is 1. The molecule has 0 amide bonds. The summed E-state index contributed by atoms with van der Waals surface area (Å²) in [6.45, 7) is 2.24. The first-order valence-electron chi connectivity index (χ1n) is 12.1. The summed E-state index contributed by atoms with van der Waals surface area (Å²) in [5.74, 6) is 0.229. The zero-order valence-corrected chi connectivity index (χ0v) is 22.0. The number of hydrogen-bond acceptors (Lipinski definition) is 14. The molecule has 5 rings (SSSR count). The van der Waals surface area contributed by atoms with Crippen LogP contribution in [0.15, 0.2) is 36.7 Å². The molecule has 4 N–H and O–H groups in total. The van der Waals surface area contributed by atoms with Gasteiger partial charge in [-0.1, -0.05) is 30.3 Å². The Bertz CT molecular complexity index is 1550. The molecule has 1 aromatic carbocycles. The van der Waals surface area contributed by atoms with Crippen LogP contribution in [0.2, 0.25) is 0 Å². The lowest BCUT2D eigenvalue weighted by atomic mass is 10.1. The zero-order valence-electron chi connectivity index (χ0n) is 21.1. The van der Waals surface area contributed by atoms with Crippen LogP contribution in [-0.4, -0.2) is 90.1 Å². The molecule has 0 unspecified atom stereocenters. The second-order valence-corrected chi connectivity index (χ2v) is 10.5. The molecule has 0 radical (unpaired) electrons. The van der Waals surface area contributed by atoms with E-state index < -0.39 is 34.7 Å². The van der Waals surface area contributed by atoms with Gasteiger partial charge in [0.2, 0.25) is 11.8 Å². The molecule has 39 heavy (non-hydrogen) atoms. The Morgan fingerprint density at radius 2 is 2.00 bits per heavy atom. The molecule has 3 aromatic heterocycles. The van der Waals surface area contributed by atoms with E-state index in [-0.39, 0.29) is 35.5 Å². The van der Waals surface area contributed by atoms with Gasteiger partial charge in [0.05, 0.1) is 19.1 Å². The Morgan fingerprint density at radius 1 is 1.23 bits per heavy atom. The van der Waals surface area contributed by atoms with Gasteiger partial charge in [-0.15, -0.1) is 10.2 Å². The number of tetrazole rings is 1. The average molecular weight is 561 g/mol. The molecule has 1 saturated heterocycles. The average Bonchev–Trinajstić information content (AvgIpc) is 3.63. The summed E-state index contributed by atoms with van der Waals surface area (Å²) in [6.07, 6.45) is -2.42. The molecule has 4 aromatic rings. The van der Waals surface area contributed by atoms with Gasteiger partial charge < -0.3 is 25.6 Å². The highest BCUT2D eigenvalue weighted by molar-refractivity contribution is 7.86. The van der Waals surface area contributed by atoms with Crippen molar-refractivity contribution in [2.24, 2.45) is 0 Å². The molecule has 1 aliphatic rings. The fourth-order valence-electron chi connectivity index (χ4n) is 4.30. The van der Waals surface area contributed by atoms with Crippen LogP contribution in [0.5, 0.6) is 0 Å². The Balaban J connectivity index is 1.49. The van der Waals surface area contributed by atoms with Crippen molar-refractivity contribution in [3.05, 3.63) is 48.0 Å². The molecule has 16 nitrogen and oxygen atoms in total. The monoisotopic (exact) mass is 560 g/mol. The van der Waals surface area contributed by atoms with E-state index in [1.54, 1.807) is 6.92 Å². The van der Waals surface area contributed by atoms with E-state index in [1.165, 1.54) is 20.6 Å². The van der Waals surface area contributed by atoms with Gasteiger partial charge in [0.25, 0.3) is 10.1 Å². The summed E-state index contributed by atoms with van der Waals surface area (Å²) in [5, 5.41) is 33.2. The quantitative estimate of drug-likeness (QED) is 0.163. The van der Waals surface area contributed by atoms with Crippen molar-refractivity contribution in [3.63, 3.8) is 0 Å². The first-order valence-corrected chi connectivity index (χ1v) is 13.9. The lowest BCUT2D eigenvalue weighted by molar-refractivity contribution is -0.0383. The van der Waals surface area contributed by atoms with Crippen LogP contribution in [0.4, 0.5) is 11.8 Å². The van der Waals surface area contributed by atoms with Gasteiger partial charge in [-0.2, -0.15) is 23.2 Å². The maximum absolute atomic E-state index is 12.0. The molecule has 208 valence electrons. The van der Waals surface area contributed by atoms with Gasteiger partial charge >= 0.3 is 0 Å². The number of nitrogens with zero attached hydrogens (tertiary/aromatic N) is 9. The maximum atomic E-state index is 12.0. The number of nitrogen functional groups attached to an aromatic ring is 1. The number of nitrogens with two attached hydrogens (primary N) is 1. The fraction of sp³-hybridized carbons (Fsp3) is 0.455. The van der Waals surface area contributed by atoms with Crippen LogP contribution in [0, 0.1) is 0 Å². The Labute approximate surface area is 223 Å². The fourth-order valence-corrected chi connectivity index (χ4v) is 4.92. The molecular formula is C22H28N10O6S. The standard InChI is InChI=1S/C22H28N10O6S/c1-3-32-28-19(27-29-32)17-16(38-39(2,35)36)15(34)21(37-17)31-11-24-14-18(23)25-22(26-20(14)31)30(12-33)10-9-13-7-5-4-6-8-13/h4-8,11,15-17,21,33-34H,3,9-10,12H2,1-2H3,(H2,23,25,26)/t15-,16+,17+,21-/m1/s1. The van der Waals surface area contributed by atoms with E-state index in [0.29, 0.717) is 19.5 Å². The topological polar surface area (TPSA) is 210 Å². The van der Waals surface area contributed by atoms with Gasteiger partial charge in [0, 0.05) is 6.54 Å². The van der Waals surface area contributed by atoms with Gasteiger partial charge in [0.1, 0.15) is 24.5 Å². The van der Waals surface area contributed by atoms with Crippen molar-refractivity contribution in [2.75, 3.05) is 30.2 Å². The number of fused-ring (bicyclic) bond motifs is 1. The third-order valence-corrected chi connectivity index (χ3v) is 6.75. The molecule has 0 aliphatic carbocycles. The van der Waals surface area contributed by atoms with Crippen LogP contribution >= 0.6 is 0 Å². The number of aryl methyl sites for hydroxylation is 1. The van der Waals surface area contributed by atoms with E-state index in [1.807, 2.05) is 30.3 Å². The number of ether oxygens (including phenoxy) is 1. The summed E-state index contributed by atoms with van der Waals surface area (Å²) in [5.41, 5.74) is 7.67. The van der Waals surface area contributed by atoms with Crippen molar-refractivity contribution in [2.45, 2.75) is 44.4 Å². The minimum absolute atomic E-state index is 0.0404. The van der Waals surface area contributed by atoms with E-state index in [9.17, 15) is 18.6 Å². The smallest absolute Gasteiger partial charge is 0.264 e. The summed E-state index contributed by atoms with van der Waals surface area (Å²) in [6, 6.07) is 9.72. The number of aliphatic hydroxyl groups excluding tert-OH is 2. The summed E-state index contributed by atoms with van der Waals surface area (Å²) in [7, 11) is -4.00. The zero-order chi connectivity index (χ0) is 27.7. The van der Waals surface area contributed by atoms with Crippen LogP contribution in [0.25, 0.3) is 11.2 Å². The normalized spacial score (nSPS) is 21.5. The number of aromatic nitrogens is 8. The molecule has 4 atom stereocenters. The third-order valence-electron chi connectivity index (χ3n) is 6.18. The highest BCUT2D eigenvalue weighted by Gasteiger charge is 2.50. The third kappa shape index (κ3) is 5.52. The Hall–Kier alpha value is -3.77. The molecule has 4 heterocycles. The van der Waals surface area contributed by atoms with Crippen molar-refractivity contribution in [1.82, 2.24) is 39.7 Å². The van der Waals surface area contributed by atoms with Crippen LogP contribution in [0.1, 0.15) is 30.6 Å². The van der Waals surface area contributed by atoms with Crippen molar-refractivity contribution in [1.29, 1.82) is 0 Å². The second kappa shape index (κ2) is 10.8. The highest BCUT2D eigenvalue weighted by atomic mass is 32.2. The van der Waals surface area contributed by atoms with Gasteiger partial charge in [-0.3, -0.25) is 8.75 Å². The number of anilines is 2. The Kier molecular flexibility index (Phi) is 7.41. The number of hydrogen-bond donors (Lipinski definition) is 3. The SMILES string of the molecule is CCn1nnc([C@H]2O[C@@H](n3cnc4c(N)nc(N(CO)CCc5ccccc5)nc43)[C@H](O)[C@@H]2OS(C)(=O)=O)n1. The summed E-state index contributed by atoms with van der Waals surface area (Å²) < 4.78 is 36.6. The lowest BCUT2D eigenvalue weighted by Crippen LogP contribution is -2.33. The van der Waals surface area contributed by atoms with E-state index in [4.69, 9.17) is 14.7 Å². The van der Waals surface area contributed by atoms with Gasteiger partial charge in [-0.25, -0.2) is 4.98 Å². The maximum Gasteiger partial charge on any atom is 0.264 e. The van der Waals surface area contributed by atoms with E-state index in [2.05, 4.69) is 30.4 Å². The number of rotatable bonds is 10. The van der Waals surface area contributed by atoms with Crippen molar-refractivity contribution in [3.8, 4) is 0 Å². The highest BCUT2D eigenvalue weighted by Crippen LogP contribution is 2.41. The predicted molar refractivity (Wildman–Crippen MR) is 136 cm³/mol. The molecule has 1 fully saturated rings. The molecule has 0 saturated carbocycles. The second-order valence-electron chi connectivity index (χ2n) is 8.91. The Morgan fingerprint density at radius 3 is 2.67 bits per heavy atom. The largest absolute Gasteiger partial charge is 0.385 e. The minimum Gasteiger partial charge on any atom is -0.385 e. The van der Waals surface area contributed by atoms with Crippen LogP contribution in [0.3, 0.4) is 0 Å². The predicted octanol–water partition coefficient (Wildman–Crippen LogP) is -0.610. The summed E-state index contributed by atoms with van der Waals surface area (Å²) in [4.78, 5) is 15.9. The van der Waals surface area contributed by atoms with Crippen molar-refractivity contribution >= 4 is 33.0 Å². The van der Waals surface area contributed by atoms with Crippen molar-refractivity contribution < 1.29 is 27.6 Å². The minimum atomic E-state index is -4.00. The van der Waals surface area contributed by atoms with E-state index >= 15 is 0 Å². The van der Waals surface area contributed by atoms with E-state index in [0.717, 1.165) is 11.8 Å². The van der Waals surface area contributed by atoms with Crippen LogP contribution in [-0.2, 0) is 32.0 Å². The summed E-state index contributed by atoms with van der Waals surface area (Å²) >= 11 is 0. The lowest BCUT2D eigenvalue weighted by Gasteiger charge is -2.21. The molecule has 0 spiro atoms. The first kappa shape index (κ1) is 26.8. The van der Waals surface area contributed by atoms with Crippen LogP contribution < -0.4 is 10.6 Å². The molecular weight excluding hydrogens is 532 g/mol. The molecule has 17 heteroatoms. The number of benzene rings is 1. The number of aliphatic hydroxyl groups is 2. The molecule has 1 aliphatic heterocycles. The van der Waals surface area contributed by atoms with Gasteiger partial charge in [-0.05, 0) is 24.1 Å².